The van der Waals surface area contributed by atoms with Crippen molar-refractivity contribution in [2.75, 3.05) is 11.4 Å². The number of hydrogen-bond acceptors (Lipinski definition) is 2. The number of nitrogens with zero attached hydrogens (tertiary/aromatic N) is 1. The normalized spacial score (nSPS) is 10.2. The van der Waals surface area contributed by atoms with Crippen LogP contribution < -0.4 is 10.2 Å². The third-order valence-electron chi connectivity index (χ3n) is 3.44. The number of carbonyl (C=O) groups is 2. The average molecular weight is 314 g/mol. The highest BCUT2D eigenvalue weighted by atomic mass is 19.1. The van der Waals surface area contributed by atoms with Crippen molar-refractivity contribution in [2.24, 2.45) is 0 Å². The lowest BCUT2D eigenvalue weighted by molar-refractivity contribution is -0.119. The summed E-state index contributed by atoms with van der Waals surface area (Å²) in [4.78, 5) is 25.1. The first-order chi connectivity index (χ1) is 11.0. The molecule has 0 aromatic heterocycles. The molecular weight excluding hydrogens is 295 g/mol. The number of hydrogen-bond donors (Lipinski definition) is 1. The third kappa shape index (κ3) is 4.39. The van der Waals surface area contributed by atoms with Crippen molar-refractivity contribution in [1.82, 2.24) is 5.32 Å². The maximum absolute atomic E-state index is 13.0. The number of anilines is 1. The van der Waals surface area contributed by atoms with Crippen LogP contribution >= 0.6 is 0 Å². The second kappa shape index (κ2) is 7.54. The van der Waals surface area contributed by atoms with E-state index in [9.17, 15) is 14.0 Å². The maximum Gasteiger partial charge on any atom is 0.258 e. The molecular formula is C18H19FN2O2. The molecule has 0 fully saturated rings. The molecule has 0 radical (unpaired) electrons. The number of nitrogens with one attached hydrogen (secondary N) is 1. The van der Waals surface area contributed by atoms with E-state index in [0.717, 1.165) is 5.56 Å². The molecule has 0 spiro atoms. The molecule has 2 aromatic carbocycles. The van der Waals surface area contributed by atoms with Gasteiger partial charge in [-0.1, -0.05) is 12.1 Å². The Balaban J connectivity index is 2.14. The van der Waals surface area contributed by atoms with Gasteiger partial charge in [0.05, 0.1) is 0 Å². The fraction of sp³-hybridized carbons (Fsp3) is 0.222. The monoisotopic (exact) mass is 314 g/mol. The standard InChI is InChI=1S/C18H19FN2O2/c1-3-21(17-10-8-16(19)9-11-17)18(23)15-6-4-14(5-7-15)12-20-13(2)22/h4-11H,3,12H2,1-2H3,(H,20,22). The molecule has 120 valence electrons. The zero-order valence-electron chi connectivity index (χ0n) is 13.2. The maximum atomic E-state index is 13.0. The highest BCUT2D eigenvalue weighted by molar-refractivity contribution is 6.06. The molecule has 0 atom stereocenters. The van der Waals surface area contributed by atoms with Crippen LogP contribution in [-0.2, 0) is 11.3 Å². The number of benzene rings is 2. The molecule has 1 N–H and O–H groups in total. The van der Waals surface area contributed by atoms with Crippen molar-refractivity contribution < 1.29 is 14.0 Å². The summed E-state index contributed by atoms with van der Waals surface area (Å²) >= 11 is 0. The molecule has 23 heavy (non-hydrogen) atoms. The summed E-state index contributed by atoms with van der Waals surface area (Å²) in [7, 11) is 0. The molecule has 2 aromatic rings. The van der Waals surface area contributed by atoms with Gasteiger partial charge in [-0.05, 0) is 48.9 Å². The lowest BCUT2D eigenvalue weighted by Crippen LogP contribution is -2.30. The lowest BCUT2D eigenvalue weighted by Gasteiger charge is -2.21. The number of halogens is 1. The number of carbonyl (C=O) groups excluding carboxylic acids is 2. The van der Waals surface area contributed by atoms with Gasteiger partial charge in [0.25, 0.3) is 5.91 Å². The van der Waals surface area contributed by atoms with E-state index in [0.29, 0.717) is 24.3 Å². The SMILES string of the molecule is CCN(C(=O)c1ccc(CNC(C)=O)cc1)c1ccc(F)cc1. The van der Waals surface area contributed by atoms with Crippen molar-refractivity contribution in [3.05, 3.63) is 65.5 Å². The van der Waals surface area contributed by atoms with Crippen LogP contribution in [0.25, 0.3) is 0 Å². The smallest absolute Gasteiger partial charge is 0.258 e. The zero-order chi connectivity index (χ0) is 16.8. The number of rotatable bonds is 5. The number of amides is 2. The summed E-state index contributed by atoms with van der Waals surface area (Å²) < 4.78 is 13.0. The van der Waals surface area contributed by atoms with Crippen molar-refractivity contribution in [2.45, 2.75) is 20.4 Å². The minimum absolute atomic E-state index is 0.0985. The summed E-state index contributed by atoms with van der Waals surface area (Å²) in [5.41, 5.74) is 2.12. The predicted octanol–water partition coefficient (Wildman–Crippen LogP) is 3.13. The Hall–Kier alpha value is -2.69. The molecule has 0 aliphatic heterocycles. The van der Waals surface area contributed by atoms with Crippen LogP contribution in [0.5, 0.6) is 0 Å². The molecule has 0 bridgehead atoms. The van der Waals surface area contributed by atoms with E-state index in [1.54, 1.807) is 29.2 Å². The van der Waals surface area contributed by atoms with Crippen LogP contribution in [0.4, 0.5) is 10.1 Å². The molecule has 0 aliphatic rings. The van der Waals surface area contributed by atoms with Gasteiger partial charge in [-0.15, -0.1) is 0 Å². The fourth-order valence-corrected chi connectivity index (χ4v) is 2.21. The van der Waals surface area contributed by atoms with E-state index >= 15 is 0 Å². The van der Waals surface area contributed by atoms with Crippen LogP contribution in [-0.4, -0.2) is 18.4 Å². The van der Waals surface area contributed by atoms with Crippen molar-refractivity contribution >= 4 is 17.5 Å². The second-order valence-electron chi connectivity index (χ2n) is 5.13. The summed E-state index contributed by atoms with van der Waals surface area (Å²) in [5, 5.41) is 2.71. The van der Waals surface area contributed by atoms with Gasteiger partial charge in [0.15, 0.2) is 0 Å². The summed E-state index contributed by atoms with van der Waals surface area (Å²) in [6, 6.07) is 12.9. The second-order valence-corrected chi connectivity index (χ2v) is 5.13. The Bertz CT molecular complexity index is 681. The molecule has 2 rings (SSSR count). The quantitative estimate of drug-likeness (QED) is 0.922. The highest BCUT2D eigenvalue weighted by Crippen LogP contribution is 2.18. The van der Waals surface area contributed by atoms with Crippen LogP contribution in [0.1, 0.15) is 29.8 Å². The topological polar surface area (TPSA) is 49.4 Å². The average Bonchev–Trinajstić information content (AvgIpc) is 2.55. The van der Waals surface area contributed by atoms with E-state index in [1.807, 2.05) is 19.1 Å². The van der Waals surface area contributed by atoms with Crippen molar-refractivity contribution in [3.63, 3.8) is 0 Å². The molecule has 0 aliphatic carbocycles. The van der Waals surface area contributed by atoms with Gasteiger partial charge in [-0.2, -0.15) is 0 Å². The Labute approximate surface area is 134 Å². The predicted molar refractivity (Wildman–Crippen MR) is 87.7 cm³/mol. The minimum Gasteiger partial charge on any atom is -0.352 e. The summed E-state index contributed by atoms with van der Waals surface area (Å²) in [5.74, 6) is -0.580. The van der Waals surface area contributed by atoms with Crippen molar-refractivity contribution in [1.29, 1.82) is 0 Å². The fourth-order valence-electron chi connectivity index (χ4n) is 2.21. The minimum atomic E-state index is -0.334. The van der Waals surface area contributed by atoms with Gasteiger partial charge >= 0.3 is 0 Å². The molecule has 0 saturated heterocycles. The largest absolute Gasteiger partial charge is 0.352 e. The van der Waals surface area contributed by atoms with Crippen LogP contribution in [0, 0.1) is 5.82 Å². The summed E-state index contributed by atoms with van der Waals surface area (Å²) in [6.07, 6.45) is 0. The van der Waals surface area contributed by atoms with Gasteiger partial charge in [-0.25, -0.2) is 4.39 Å². The Morgan fingerprint density at radius 1 is 1.04 bits per heavy atom. The molecule has 0 heterocycles. The van der Waals surface area contributed by atoms with Crippen LogP contribution in [0.3, 0.4) is 0 Å². The molecule has 2 amide bonds. The van der Waals surface area contributed by atoms with Gasteiger partial charge < -0.3 is 10.2 Å². The first-order valence-corrected chi connectivity index (χ1v) is 7.42. The Morgan fingerprint density at radius 3 is 2.17 bits per heavy atom. The first kappa shape index (κ1) is 16.7. The highest BCUT2D eigenvalue weighted by Gasteiger charge is 2.16. The van der Waals surface area contributed by atoms with E-state index < -0.39 is 0 Å². The molecule has 0 unspecified atom stereocenters. The van der Waals surface area contributed by atoms with Gasteiger partial charge in [0.2, 0.25) is 5.91 Å². The van der Waals surface area contributed by atoms with E-state index in [4.69, 9.17) is 0 Å². The summed E-state index contributed by atoms with van der Waals surface area (Å²) in [6.45, 7) is 4.24. The van der Waals surface area contributed by atoms with Gasteiger partial charge in [0.1, 0.15) is 5.82 Å². The zero-order valence-corrected chi connectivity index (χ0v) is 13.2. The van der Waals surface area contributed by atoms with E-state index in [1.165, 1.54) is 19.1 Å². The van der Waals surface area contributed by atoms with E-state index in [2.05, 4.69) is 5.32 Å². The van der Waals surface area contributed by atoms with Gasteiger partial charge in [0, 0.05) is 31.3 Å². The lowest BCUT2D eigenvalue weighted by atomic mass is 10.1. The third-order valence-corrected chi connectivity index (χ3v) is 3.44. The van der Waals surface area contributed by atoms with Crippen LogP contribution in [0.2, 0.25) is 0 Å². The van der Waals surface area contributed by atoms with Crippen LogP contribution in [0.15, 0.2) is 48.5 Å². The Morgan fingerprint density at radius 2 is 1.65 bits per heavy atom. The Kier molecular flexibility index (Phi) is 5.46. The first-order valence-electron chi connectivity index (χ1n) is 7.42. The molecule has 5 heteroatoms. The van der Waals surface area contributed by atoms with Gasteiger partial charge in [-0.3, -0.25) is 9.59 Å². The molecule has 0 saturated carbocycles. The van der Waals surface area contributed by atoms with E-state index in [-0.39, 0.29) is 17.6 Å². The van der Waals surface area contributed by atoms with Crippen molar-refractivity contribution in [3.8, 4) is 0 Å². The molecule has 4 nitrogen and oxygen atoms in total.